The van der Waals surface area contributed by atoms with Crippen molar-refractivity contribution in [2.75, 3.05) is 19.0 Å². The second kappa shape index (κ2) is 5.08. The van der Waals surface area contributed by atoms with E-state index in [1.165, 1.54) is 17.8 Å². The molecule has 2 atom stereocenters. The first-order chi connectivity index (χ1) is 9.99. The van der Waals surface area contributed by atoms with Gasteiger partial charge in [0.1, 0.15) is 30.4 Å². The Morgan fingerprint density at radius 1 is 1.57 bits per heavy atom. The number of nitrogens with two attached hydrogens (primary N) is 1. The van der Waals surface area contributed by atoms with Gasteiger partial charge in [0.05, 0.1) is 5.75 Å². The van der Waals surface area contributed by atoms with E-state index in [0.717, 1.165) is 4.90 Å². The number of thioether (sulfide) groups is 1. The number of hydrogen-bond donors (Lipinski definition) is 2. The average Bonchev–Trinajstić information content (AvgIpc) is 2.88. The van der Waals surface area contributed by atoms with Crippen LogP contribution in [0.2, 0.25) is 0 Å². The number of aliphatic carboxylic acids is 1. The van der Waals surface area contributed by atoms with Crippen LogP contribution in [0.15, 0.2) is 23.1 Å². The SMILES string of the molecule is N[C@@H]1C(=O)N2C(C(=O)O)=C(OCC3=CC(=O)OC3)CS[C@H]12. The highest BCUT2D eigenvalue weighted by atomic mass is 32.2. The zero-order valence-electron chi connectivity index (χ0n) is 10.8. The molecule has 3 N–H and O–H groups in total. The van der Waals surface area contributed by atoms with E-state index in [-0.39, 0.29) is 30.0 Å². The molecule has 3 rings (SSSR count). The smallest absolute Gasteiger partial charge is 0.356 e. The van der Waals surface area contributed by atoms with Gasteiger partial charge in [0.25, 0.3) is 0 Å². The number of carboxylic acid groups (broad SMARTS) is 1. The number of esters is 1. The summed E-state index contributed by atoms with van der Waals surface area (Å²) in [5.41, 5.74) is 6.09. The number of nitrogens with zero attached hydrogens (tertiary/aromatic N) is 1. The summed E-state index contributed by atoms with van der Waals surface area (Å²) in [4.78, 5) is 35.2. The number of amides is 1. The molecule has 1 amide bonds. The highest BCUT2D eigenvalue weighted by Crippen LogP contribution is 2.39. The number of carbonyl (C=O) groups is 3. The van der Waals surface area contributed by atoms with E-state index >= 15 is 0 Å². The van der Waals surface area contributed by atoms with Gasteiger partial charge in [-0.25, -0.2) is 9.59 Å². The minimum Gasteiger partial charge on any atom is -0.490 e. The fraction of sp³-hybridized carbons (Fsp3) is 0.417. The Kier molecular flexibility index (Phi) is 3.38. The molecule has 8 nitrogen and oxygen atoms in total. The van der Waals surface area contributed by atoms with Crippen molar-refractivity contribution in [1.29, 1.82) is 0 Å². The zero-order valence-corrected chi connectivity index (χ0v) is 11.6. The van der Waals surface area contributed by atoms with Crippen LogP contribution >= 0.6 is 11.8 Å². The van der Waals surface area contributed by atoms with Gasteiger partial charge in [-0.05, 0) is 0 Å². The van der Waals surface area contributed by atoms with Crippen molar-refractivity contribution < 1.29 is 29.0 Å². The summed E-state index contributed by atoms with van der Waals surface area (Å²) in [5.74, 6) is -1.59. The van der Waals surface area contributed by atoms with Crippen molar-refractivity contribution >= 4 is 29.6 Å². The molecule has 0 aromatic carbocycles. The van der Waals surface area contributed by atoms with Crippen LogP contribution in [0, 0.1) is 0 Å². The minimum absolute atomic E-state index is 0.0527. The fourth-order valence-electron chi connectivity index (χ4n) is 2.28. The number of rotatable bonds is 4. The number of cyclic esters (lactones) is 1. The first-order valence-corrected chi connectivity index (χ1v) is 7.19. The third kappa shape index (κ3) is 2.28. The highest BCUT2D eigenvalue weighted by molar-refractivity contribution is 8.00. The van der Waals surface area contributed by atoms with Crippen molar-refractivity contribution in [2.45, 2.75) is 11.4 Å². The molecule has 3 aliphatic rings. The van der Waals surface area contributed by atoms with Gasteiger partial charge in [0, 0.05) is 11.6 Å². The van der Waals surface area contributed by atoms with Crippen LogP contribution in [0.4, 0.5) is 0 Å². The summed E-state index contributed by atoms with van der Waals surface area (Å²) in [6, 6.07) is -0.672. The van der Waals surface area contributed by atoms with Gasteiger partial charge in [-0.15, -0.1) is 11.8 Å². The number of ether oxygens (including phenoxy) is 2. The van der Waals surface area contributed by atoms with Crippen LogP contribution in [0.5, 0.6) is 0 Å². The van der Waals surface area contributed by atoms with Crippen LogP contribution in [0.1, 0.15) is 0 Å². The molecule has 0 aromatic heterocycles. The molecule has 0 spiro atoms. The van der Waals surface area contributed by atoms with Crippen LogP contribution in [0.25, 0.3) is 0 Å². The first kappa shape index (κ1) is 14.0. The van der Waals surface area contributed by atoms with E-state index in [2.05, 4.69) is 0 Å². The van der Waals surface area contributed by atoms with Crippen molar-refractivity contribution in [3.8, 4) is 0 Å². The highest BCUT2D eigenvalue weighted by Gasteiger charge is 2.52. The number of fused-ring (bicyclic) bond motifs is 1. The normalized spacial score (nSPS) is 27.9. The molecule has 0 unspecified atom stereocenters. The second-order valence-electron chi connectivity index (χ2n) is 4.71. The monoisotopic (exact) mass is 312 g/mol. The fourth-order valence-corrected chi connectivity index (χ4v) is 3.50. The lowest BCUT2D eigenvalue weighted by Gasteiger charge is -2.47. The predicted octanol–water partition coefficient (Wildman–Crippen LogP) is -0.975. The summed E-state index contributed by atoms with van der Waals surface area (Å²) in [6.45, 7) is 0.189. The molecule has 0 radical (unpaired) electrons. The Labute approximate surface area is 123 Å². The molecule has 1 fully saturated rings. The zero-order chi connectivity index (χ0) is 15.1. The van der Waals surface area contributed by atoms with Gasteiger partial charge in [0.15, 0.2) is 5.70 Å². The van der Waals surface area contributed by atoms with E-state index in [1.807, 2.05) is 0 Å². The quantitative estimate of drug-likeness (QED) is 0.502. The van der Waals surface area contributed by atoms with Crippen molar-refractivity contribution in [2.24, 2.45) is 5.73 Å². The molecule has 0 bridgehead atoms. The molecule has 1 saturated heterocycles. The maximum atomic E-state index is 11.7. The van der Waals surface area contributed by atoms with E-state index in [9.17, 15) is 19.5 Å². The Morgan fingerprint density at radius 2 is 2.33 bits per heavy atom. The molecular weight excluding hydrogens is 300 g/mol. The van der Waals surface area contributed by atoms with Crippen LogP contribution < -0.4 is 5.73 Å². The first-order valence-electron chi connectivity index (χ1n) is 6.14. The molecule has 3 aliphatic heterocycles. The average molecular weight is 312 g/mol. The molecule has 0 aliphatic carbocycles. The molecule has 3 heterocycles. The van der Waals surface area contributed by atoms with Gasteiger partial charge in [-0.2, -0.15) is 0 Å². The van der Waals surface area contributed by atoms with E-state index in [0.29, 0.717) is 11.3 Å². The van der Waals surface area contributed by atoms with Crippen molar-refractivity contribution in [3.63, 3.8) is 0 Å². The van der Waals surface area contributed by atoms with Gasteiger partial charge >= 0.3 is 11.9 Å². The van der Waals surface area contributed by atoms with Gasteiger partial charge in [-0.3, -0.25) is 9.69 Å². The van der Waals surface area contributed by atoms with Crippen LogP contribution in [-0.2, 0) is 23.9 Å². The molecule has 21 heavy (non-hydrogen) atoms. The Hall–Kier alpha value is -2.00. The van der Waals surface area contributed by atoms with Gasteiger partial charge in [0.2, 0.25) is 5.91 Å². The standard InChI is InChI=1S/C12H12N2O6S/c13-8-10(16)14-9(12(17)18)6(4-21-11(8)14)19-2-5-1-7(15)20-3-5/h1,8,11H,2-4,13H2,(H,17,18)/t8-,11-/m1/s1. The largest absolute Gasteiger partial charge is 0.490 e. The van der Waals surface area contributed by atoms with E-state index in [4.69, 9.17) is 15.2 Å². The maximum Gasteiger partial charge on any atom is 0.356 e. The predicted molar refractivity (Wildman–Crippen MR) is 70.7 cm³/mol. The lowest BCUT2D eigenvalue weighted by Crippen LogP contribution is -2.68. The number of β-lactam (4-membered cyclic amide) rings is 1. The van der Waals surface area contributed by atoms with Gasteiger partial charge in [-0.1, -0.05) is 0 Å². The molecule has 9 heteroatoms. The lowest BCUT2D eigenvalue weighted by molar-refractivity contribution is -0.148. The minimum atomic E-state index is -1.23. The van der Waals surface area contributed by atoms with Gasteiger partial charge < -0.3 is 20.3 Å². The lowest BCUT2D eigenvalue weighted by atomic mass is 10.1. The Bertz CT molecular complexity index is 599. The van der Waals surface area contributed by atoms with Crippen LogP contribution in [0.3, 0.4) is 0 Å². The molecule has 0 saturated carbocycles. The summed E-state index contributed by atoms with van der Waals surface area (Å²) in [7, 11) is 0. The van der Waals surface area contributed by atoms with E-state index in [1.54, 1.807) is 0 Å². The second-order valence-corrected chi connectivity index (χ2v) is 5.82. The number of hydrogen-bond acceptors (Lipinski definition) is 7. The topological polar surface area (TPSA) is 119 Å². The van der Waals surface area contributed by atoms with E-state index < -0.39 is 23.9 Å². The summed E-state index contributed by atoms with van der Waals surface area (Å²) in [6.07, 6.45) is 1.31. The maximum absolute atomic E-state index is 11.7. The summed E-state index contributed by atoms with van der Waals surface area (Å²) >= 11 is 1.35. The third-order valence-electron chi connectivity index (χ3n) is 3.33. The van der Waals surface area contributed by atoms with Crippen LogP contribution in [-0.4, -0.2) is 58.2 Å². The Balaban J connectivity index is 1.78. The molecule has 112 valence electrons. The third-order valence-corrected chi connectivity index (χ3v) is 4.61. The molecule has 0 aromatic rings. The Morgan fingerprint density at radius 3 is 2.95 bits per heavy atom. The number of carbonyl (C=O) groups excluding carboxylic acids is 2. The van der Waals surface area contributed by atoms with Crippen molar-refractivity contribution in [1.82, 2.24) is 4.90 Å². The van der Waals surface area contributed by atoms with Crippen molar-refractivity contribution in [3.05, 3.63) is 23.1 Å². The number of carboxylic acids is 1. The molecular formula is C12H12N2O6S. The summed E-state index contributed by atoms with van der Waals surface area (Å²) < 4.78 is 10.2. The summed E-state index contributed by atoms with van der Waals surface area (Å²) in [5, 5.41) is 8.94.